The average Bonchev–Trinajstić information content (AvgIpc) is 3.37. The van der Waals surface area contributed by atoms with Gasteiger partial charge in [-0.15, -0.1) is 0 Å². The van der Waals surface area contributed by atoms with Crippen LogP contribution in [0.25, 0.3) is 0 Å². The fourth-order valence-electron chi connectivity index (χ4n) is 4.16. The summed E-state index contributed by atoms with van der Waals surface area (Å²) in [5.41, 5.74) is 9.72. The second kappa shape index (κ2) is 12.9. The third-order valence-electron chi connectivity index (χ3n) is 6.29. The molecule has 2 aliphatic rings. The number of hydrogen-bond acceptors (Lipinski definition) is 15. The topological polar surface area (TPSA) is 310 Å². The van der Waals surface area contributed by atoms with E-state index in [0.717, 1.165) is 6.20 Å². The number of hydrogen-bond donors (Lipinski definition) is 8. The van der Waals surface area contributed by atoms with Crippen molar-refractivity contribution in [2.45, 2.75) is 49.1 Å². The van der Waals surface area contributed by atoms with Crippen molar-refractivity contribution in [2.24, 2.45) is 5.73 Å². The largest absolute Gasteiger partial charge is 0.481 e. The summed E-state index contributed by atoms with van der Waals surface area (Å²) < 4.78 is 50.9. The zero-order valence-electron chi connectivity index (χ0n) is 21.5. The number of nitrogens with zero attached hydrogens (tertiary/aromatic N) is 3. The average molecular weight is 675 g/mol. The van der Waals surface area contributed by atoms with E-state index < -0.39 is 89.5 Å². The van der Waals surface area contributed by atoms with E-state index in [-0.39, 0.29) is 16.4 Å². The van der Waals surface area contributed by atoms with Crippen LogP contribution >= 0.6 is 27.2 Å². The zero-order chi connectivity index (χ0) is 31.9. The molecule has 1 amide bonds. The number of aliphatic hydroxyl groups is 4. The van der Waals surface area contributed by atoms with E-state index in [0.29, 0.717) is 4.57 Å². The van der Waals surface area contributed by atoms with Crippen molar-refractivity contribution in [3.63, 3.8) is 0 Å². The molecule has 10 N–H and O–H groups in total. The minimum Gasteiger partial charge on any atom is -0.387 e. The summed E-state index contributed by atoms with van der Waals surface area (Å²) in [6.07, 6.45) is -9.07. The number of anilines is 1. The van der Waals surface area contributed by atoms with Gasteiger partial charge < -0.3 is 51.2 Å². The maximum atomic E-state index is 12.3. The lowest BCUT2D eigenvalue weighted by molar-refractivity contribution is -0.765. The molecule has 20 nitrogen and oxygen atoms in total. The number of amides is 1. The number of pyridine rings is 1. The highest BCUT2D eigenvalue weighted by atomic mass is 35.5. The normalized spacial score (nSPS) is 31.9. The lowest BCUT2D eigenvalue weighted by Gasteiger charge is -2.20. The number of phosphoric ester groups is 2. The van der Waals surface area contributed by atoms with Crippen molar-refractivity contribution in [1.82, 2.24) is 9.55 Å². The molecule has 0 saturated carbocycles. The van der Waals surface area contributed by atoms with Crippen LogP contribution in [0, 0.1) is 0 Å². The second-order valence-electron chi connectivity index (χ2n) is 9.27. The molecule has 2 aromatic rings. The van der Waals surface area contributed by atoms with Gasteiger partial charge in [0.15, 0.2) is 24.7 Å². The molecule has 43 heavy (non-hydrogen) atoms. The first-order valence-electron chi connectivity index (χ1n) is 12.0. The lowest BCUT2D eigenvalue weighted by Crippen LogP contribution is -2.46. The summed E-state index contributed by atoms with van der Waals surface area (Å²) in [6, 6.07) is 2.81. The Bertz CT molecular complexity index is 1520. The number of ether oxygens (including phenoxy) is 2. The van der Waals surface area contributed by atoms with Gasteiger partial charge in [0.2, 0.25) is 0 Å². The summed E-state index contributed by atoms with van der Waals surface area (Å²) in [5.74, 6) is -1.08. The Labute approximate surface area is 245 Å². The van der Waals surface area contributed by atoms with Gasteiger partial charge in [0.05, 0.1) is 18.2 Å². The Morgan fingerprint density at radius 3 is 2.23 bits per heavy atom. The number of nitrogen functional groups attached to an aromatic ring is 1. The summed E-state index contributed by atoms with van der Waals surface area (Å²) in [4.78, 5) is 46.9. The highest BCUT2D eigenvalue weighted by Crippen LogP contribution is 2.60. The van der Waals surface area contributed by atoms with Crippen LogP contribution in [0.5, 0.6) is 0 Å². The molecule has 4 rings (SSSR count). The van der Waals surface area contributed by atoms with Crippen molar-refractivity contribution in [3.8, 4) is 0 Å². The summed E-state index contributed by atoms with van der Waals surface area (Å²) in [7, 11) is -10.8. The SMILES string of the molecule is NC(=O)c1ccc[n+]([C@@H]2O[C@H](COP(=O)(O)OP(=O)(O)OC[C@@H]3O[C@H](n4cc(Cl)c(N)nc4=O)[C@@H](O)[C@H]3O)[C@@H](O)[C@H]2O)c1. The van der Waals surface area contributed by atoms with Crippen molar-refractivity contribution >= 4 is 39.0 Å². The van der Waals surface area contributed by atoms with E-state index >= 15 is 0 Å². The third kappa shape index (κ3) is 7.64. The van der Waals surface area contributed by atoms with Crippen LogP contribution in [0.1, 0.15) is 22.8 Å². The smallest absolute Gasteiger partial charge is 0.387 e. The molecule has 4 heterocycles. The molecule has 0 aliphatic carbocycles. The number of halogens is 1. The summed E-state index contributed by atoms with van der Waals surface area (Å²) in [5, 5.41) is 41.0. The van der Waals surface area contributed by atoms with Crippen LogP contribution in [-0.2, 0) is 32.0 Å². The Kier molecular flexibility index (Phi) is 10.1. The summed E-state index contributed by atoms with van der Waals surface area (Å²) >= 11 is 5.83. The van der Waals surface area contributed by atoms with Crippen LogP contribution in [0.2, 0.25) is 5.02 Å². The molecule has 2 saturated heterocycles. The Morgan fingerprint density at radius 2 is 1.63 bits per heavy atom. The number of phosphoric acid groups is 2. The standard InChI is InChI=1S/C20H26ClN5O15P2/c21-9-5-26(20(32)24-16(9)22)19-15(30)13(28)11(40-19)7-38-43(35,36)41-42(33,34)37-6-10-12(27)14(29)18(39-10)25-3-1-2-8(4-25)17(23)31/h1-5,10-15,18-19,27-30H,6-7H2,(H5-,22,23,24,31,32,33,34,35,36)/p+1/t10-,11+,12-,13+,14-,15+,18-,19+/m1/s1. The van der Waals surface area contributed by atoms with Crippen molar-refractivity contribution in [2.75, 3.05) is 18.9 Å². The van der Waals surface area contributed by atoms with E-state index in [4.69, 9.17) is 32.5 Å². The van der Waals surface area contributed by atoms with Gasteiger partial charge in [-0.05, 0) is 6.07 Å². The highest BCUT2D eigenvalue weighted by molar-refractivity contribution is 7.61. The van der Waals surface area contributed by atoms with E-state index in [1.54, 1.807) is 0 Å². The van der Waals surface area contributed by atoms with E-state index in [2.05, 4.69) is 18.3 Å². The molecule has 0 spiro atoms. The predicted molar refractivity (Wildman–Crippen MR) is 138 cm³/mol. The first-order chi connectivity index (χ1) is 20.0. The van der Waals surface area contributed by atoms with Gasteiger partial charge in [0.1, 0.15) is 41.9 Å². The molecule has 2 aromatic heterocycles. The molecule has 0 bridgehead atoms. The number of carbonyl (C=O) groups excluding carboxylic acids is 1. The minimum absolute atomic E-state index is 0.0561. The van der Waals surface area contributed by atoms with Gasteiger partial charge >= 0.3 is 21.3 Å². The van der Waals surface area contributed by atoms with Gasteiger partial charge in [-0.2, -0.15) is 13.9 Å². The third-order valence-corrected chi connectivity index (χ3v) is 9.19. The first-order valence-corrected chi connectivity index (χ1v) is 15.4. The van der Waals surface area contributed by atoms with Gasteiger partial charge in [0.25, 0.3) is 12.1 Å². The zero-order valence-corrected chi connectivity index (χ0v) is 24.1. The number of aliphatic hydroxyl groups excluding tert-OH is 4. The van der Waals surface area contributed by atoms with E-state index in [1.165, 1.54) is 29.1 Å². The molecular formula is C20H27ClN5O15P2+. The minimum atomic E-state index is -5.42. The first kappa shape index (κ1) is 33.5. The monoisotopic (exact) mass is 674 g/mol. The fourth-order valence-corrected chi connectivity index (χ4v) is 6.40. The van der Waals surface area contributed by atoms with Crippen LogP contribution in [0.3, 0.4) is 0 Å². The maximum absolute atomic E-state index is 12.3. The second-order valence-corrected chi connectivity index (χ2v) is 12.7. The van der Waals surface area contributed by atoms with Crippen LogP contribution in [0.4, 0.5) is 5.82 Å². The molecule has 2 fully saturated rings. The number of carbonyl (C=O) groups is 1. The van der Waals surface area contributed by atoms with Gasteiger partial charge in [-0.25, -0.2) is 13.9 Å². The van der Waals surface area contributed by atoms with E-state index in [1.807, 2.05) is 0 Å². The van der Waals surface area contributed by atoms with Crippen LogP contribution in [0.15, 0.2) is 35.5 Å². The fraction of sp³-hybridized carbons (Fsp3) is 0.500. The molecule has 0 radical (unpaired) electrons. The van der Waals surface area contributed by atoms with Crippen molar-refractivity contribution in [1.29, 1.82) is 0 Å². The van der Waals surface area contributed by atoms with Gasteiger partial charge in [-0.1, -0.05) is 11.6 Å². The summed E-state index contributed by atoms with van der Waals surface area (Å²) in [6.45, 7) is -1.92. The maximum Gasteiger partial charge on any atom is 0.481 e. The Morgan fingerprint density at radius 1 is 1.05 bits per heavy atom. The van der Waals surface area contributed by atoms with Crippen molar-refractivity contribution in [3.05, 3.63) is 51.8 Å². The molecule has 0 aromatic carbocycles. The number of primary amides is 1. The predicted octanol–water partition coefficient (Wildman–Crippen LogP) is -2.95. The van der Waals surface area contributed by atoms with E-state index in [9.17, 15) is 48.9 Å². The quantitative estimate of drug-likeness (QED) is 0.0872. The molecule has 2 aliphatic heterocycles. The highest BCUT2D eigenvalue weighted by Gasteiger charge is 2.50. The molecule has 10 atom stereocenters. The van der Waals surface area contributed by atoms with Crippen molar-refractivity contribution < 1.29 is 71.5 Å². The Balaban J connectivity index is 1.33. The van der Waals surface area contributed by atoms with Crippen LogP contribution in [-0.4, -0.2) is 95.5 Å². The Hall–Kier alpha value is -2.39. The molecular weight excluding hydrogens is 648 g/mol. The molecule has 2 unspecified atom stereocenters. The molecule has 238 valence electrons. The van der Waals surface area contributed by atoms with Gasteiger partial charge in [0, 0.05) is 12.3 Å². The number of rotatable bonds is 11. The van der Waals surface area contributed by atoms with Gasteiger partial charge in [-0.3, -0.25) is 18.4 Å². The molecule has 23 heteroatoms. The number of nitrogens with two attached hydrogens (primary N) is 2. The lowest BCUT2D eigenvalue weighted by atomic mass is 10.1. The number of aromatic nitrogens is 3. The van der Waals surface area contributed by atoms with Crippen LogP contribution < -0.4 is 21.7 Å².